The molecule has 64 valence electrons. The van der Waals surface area contributed by atoms with Crippen molar-refractivity contribution in [2.75, 3.05) is 6.61 Å². The summed E-state index contributed by atoms with van der Waals surface area (Å²) < 4.78 is 5.45. The average Bonchev–Trinajstić information content (AvgIpc) is 2.31. The van der Waals surface area contributed by atoms with Gasteiger partial charge in [-0.25, -0.2) is 0 Å². The lowest BCUT2D eigenvalue weighted by molar-refractivity contribution is 0.0963. The van der Waals surface area contributed by atoms with E-state index in [0.29, 0.717) is 6.10 Å². The van der Waals surface area contributed by atoms with Crippen molar-refractivity contribution in [3.05, 3.63) is 11.6 Å². The molecule has 0 fully saturated rings. The summed E-state index contributed by atoms with van der Waals surface area (Å²) in [5.74, 6) is 0. The summed E-state index contributed by atoms with van der Waals surface area (Å²) in [4.78, 5) is 0. The molecule has 0 aliphatic heterocycles. The van der Waals surface area contributed by atoms with Gasteiger partial charge in [-0.1, -0.05) is 6.08 Å². The Morgan fingerprint density at radius 3 is 2.91 bits per heavy atom. The highest BCUT2D eigenvalue weighted by atomic mass is 35.5. The van der Waals surface area contributed by atoms with Crippen LogP contribution >= 0.6 is 11.6 Å². The van der Waals surface area contributed by atoms with Crippen LogP contribution in [0.4, 0.5) is 0 Å². The number of halogens is 1. The van der Waals surface area contributed by atoms with E-state index < -0.39 is 0 Å². The molecule has 11 heavy (non-hydrogen) atoms. The van der Waals surface area contributed by atoms with E-state index in [1.165, 1.54) is 5.57 Å². The third kappa shape index (κ3) is 3.26. The molecule has 1 aliphatic rings. The highest BCUT2D eigenvalue weighted by Crippen LogP contribution is 2.22. The predicted molar refractivity (Wildman–Crippen MR) is 48.0 cm³/mol. The fourth-order valence-corrected chi connectivity index (χ4v) is 1.43. The minimum Gasteiger partial charge on any atom is -0.374 e. The summed E-state index contributed by atoms with van der Waals surface area (Å²) >= 11 is 5.89. The summed E-state index contributed by atoms with van der Waals surface area (Å²) in [6.07, 6.45) is 4.63. The first kappa shape index (κ1) is 9.08. The Balaban J connectivity index is 2.22. The number of allylic oxidation sites excluding steroid dienone is 1. The second kappa shape index (κ2) is 4.13. The maximum absolute atomic E-state index is 5.89. The molecule has 0 amide bonds. The fraction of sp³-hybridized carbons (Fsp3) is 0.778. The van der Waals surface area contributed by atoms with Gasteiger partial charge >= 0.3 is 0 Å². The lowest BCUT2D eigenvalue weighted by Crippen LogP contribution is -2.04. The molecule has 1 nitrogen and oxygen atoms in total. The maximum atomic E-state index is 5.89. The Bertz CT molecular complexity index is 152. The van der Waals surface area contributed by atoms with Crippen LogP contribution in [0.5, 0.6) is 0 Å². The summed E-state index contributed by atoms with van der Waals surface area (Å²) in [7, 11) is 0. The first-order chi connectivity index (χ1) is 5.18. The topological polar surface area (TPSA) is 9.23 Å². The molecule has 0 bridgehead atoms. The third-order valence-electron chi connectivity index (χ3n) is 1.76. The van der Waals surface area contributed by atoms with Crippen LogP contribution in [-0.2, 0) is 4.74 Å². The monoisotopic (exact) mass is 174 g/mol. The summed E-state index contributed by atoms with van der Waals surface area (Å²) in [6.45, 7) is 4.86. The minimum atomic E-state index is 0.251. The van der Waals surface area contributed by atoms with Crippen LogP contribution in [0.25, 0.3) is 0 Å². The molecule has 0 spiro atoms. The standard InChI is InChI=1S/C9H15ClO/c1-7(2)11-6-8-3-4-9(10)5-8/h5,7,9H,3-4,6H2,1-2H3. The van der Waals surface area contributed by atoms with E-state index in [4.69, 9.17) is 16.3 Å². The van der Waals surface area contributed by atoms with Crippen molar-refractivity contribution >= 4 is 11.6 Å². The van der Waals surface area contributed by atoms with Crippen molar-refractivity contribution in [1.29, 1.82) is 0 Å². The second-order valence-electron chi connectivity index (χ2n) is 3.24. The average molecular weight is 175 g/mol. The molecular formula is C9H15ClO. The van der Waals surface area contributed by atoms with Gasteiger partial charge in [0.05, 0.1) is 18.1 Å². The van der Waals surface area contributed by atoms with E-state index in [9.17, 15) is 0 Å². The lowest BCUT2D eigenvalue weighted by atomic mass is 10.2. The normalized spacial score (nSPS) is 24.4. The molecule has 0 radical (unpaired) electrons. The molecule has 1 atom stereocenters. The largest absolute Gasteiger partial charge is 0.374 e. The molecule has 1 rings (SSSR count). The van der Waals surface area contributed by atoms with Gasteiger partial charge in [-0.15, -0.1) is 11.6 Å². The first-order valence-electron chi connectivity index (χ1n) is 4.13. The van der Waals surface area contributed by atoms with Gasteiger partial charge < -0.3 is 4.74 Å². The van der Waals surface area contributed by atoms with Crippen LogP contribution in [0.3, 0.4) is 0 Å². The van der Waals surface area contributed by atoms with Crippen molar-refractivity contribution in [2.24, 2.45) is 0 Å². The van der Waals surface area contributed by atoms with E-state index in [1.807, 2.05) is 13.8 Å². The van der Waals surface area contributed by atoms with E-state index in [1.54, 1.807) is 0 Å². The predicted octanol–water partition coefficient (Wildman–Crippen LogP) is 2.74. The Hall–Kier alpha value is -0.0100. The van der Waals surface area contributed by atoms with Gasteiger partial charge in [-0.3, -0.25) is 0 Å². The van der Waals surface area contributed by atoms with Gasteiger partial charge in [0.15, 0.2) is 0 Å². The molecule has 0 saturated heterocycles. The quantitative estimate of drug-likeness (QED) is 0.472. The summed E-state index contributed by atoms with van der Waals surface area (Å²) in [5.41, 5.74) is 1.36. The van der Waals surface area contributed by atoms with E-state index >= 15 is 0 Å². The van der Waals surface area contributed by atoms with Crippen molar-refractivity contribution in [3.63, 3.8) is 0 Å². The van der Waals surface area contributed by atoms with Crippen molar-refractivity contribution < 1.29 is 4.74 Å². The molecule has 1 aliphatic carbocycles. The Morgan fingerprint density at radius 1 is 1.73 bits per heavy atom. The number of rotatable bonds is 3. The molecule has 0 N–H and O–H groups in total. The van der Waals surface area contributed by atoms with Crippen LogP contribution in [-0.4, -0.2) is 18.1 Å². The fourth-order valence-electron chi connectivity index (χ4n) is 1.14. The third-order valence-corrected chi connectivity index (χ3v) is 2.10. The summed E-state index contributed by atoms with van der Waals surface area (Å²) in [5, 5.41) is 0.251. The lowest BCUT2D eigenvalue weighted by Gasteiger charge is -2.06. The Morgan fingerprint density at radius 2 is 2.45 bits per heavy atom. The zero-order valence-electron chi connectivity index (χ0n) is 7.14. The number of alkyl halides is 1. The van der Waals surface area contributed by atoms with E-state index in [0.717, 1.165) is 19.4 Å². The van der Waals surface area contributed by atoms with Gasteiger partial charge in [0.1, 0.15) is 0 Å². The van der Waals surface area contributed by atoms with Gasteiger partial charge in [0.2, 0.25) is 0 Å². The van der Waals surface area contributed by atoms with Crippen LogP contribution in [0.15, 0.2) is 11.6 Å². The molecular weight excluding hydrogens is 160 g/mol. The number of hydrogen-bond acceptors (Lipinski definition) is 1. The molecule has 0 saturated carbocycles. The molecule has 0 aromatic rings. The van der Waals surface area contributed by atoms with Crippen LogP contribution < -0.4 is 0 Å². The molecule has 0 aromatic heterocycles. The number of ether oxygens (including phenoxy) is 1. The molecule has 0 heterocycles. The second-order valence-corrected chi connectivity index (χ2v) is 3.80. The van der Waals surface area contributed by atoms with Crippen LogP contribution in [0.1, 0.15) is 26.7 Å². The Kier molecular flexibility index (Phi) is 3.41. The zero-order valence-corrected chi connectivity index (χ0v) is 7.90. The maximum Gasteiger partial charge on any atom is 0.0680 e. The van der Waals surface area contributed by atoms with Gasteiger partial charge in [-0.05, 0) is 32.3 Å². The minimum absolute atomic E-state index is 0.251. The van der Waals surface area contributed by atoms with Gasteiger partial charge in [0, 0.05) is 0 Å². The number of hydrogen-bond donors (Lipinski definition) is 0. The van der Waals surface area contributed by atoms with Crippen molar-refractivity contribution in [3.8, 4) is 0 Å². The van der Waals surface area contributed by atoms with E-state index in [2.05, 4.69) is 6.08 Å². The van der Waals surface area contributed by atoms with Crippen molar-refractivity contribution in [1.82, 2.24) is 0 Å². The molecule has 2 heteroatoms. The Labute approximate surface area is 73.4 Å². The van der Waals surface area contributed by atoms with Gasteiger partial charge in [-0.2, -0.15) is 0 Å². The van der Waals surface area contributed by atoms with Crippen molar-refractivity contribution in [2.45, 2.75) is 38.2 Å². The first-order valence-corrected chi connectivity index (χ1v) is 4.57. The molecule has 0 aromatic carbocycles. The highest BCUT2D eigenvalue weighted by Gasteiger charge is 2.12. The zero-order chi connectivity index (χ0) is 8.27. The highest BCUT2D eigenvalue weighted by molar-refractivity contribution is 6.22. The van der Waals surface area contributed by atoms with Crippen LogP contribution in [0.2, 0.25) is 0 Å². The summed E-state index contributed by atoms with van der Waals surface area (Å²) in [6, 6.07) is 0. The molecule has 1 unspecified atom stereocenters. The SMILES string of the molecule is CC(C)OCC1=CC(Cl)CC1. The van der Waals surface area contributed by atoms with E-state index in [-0.39, 0.29) is 5.38 Å². The van der Waals surface area contributed by atoms with Gasteiger partial charge in [0.25, 0.3) is 0 Å². The smallest absolute Gasteiger partial charge is 0.0680 e. The van der Waals surface area contributed by atoms with Crippen LogP contribution in [0, 0.1) is 0 Å².